The molecule has 0 aromatic carbocycles. The second-order valence-electron chi connectivity index (χ2n) is 4.65. The number of halogens is 1. The molecule has 6 heteroatoms. The molecule has 2 N–H and O–H groups in total. The second kappa shape index (κ2) is 8.73. The number of aromatic nitrogens is 1. The van der Waals surface area contributed by atoms with Crippen molar-refractivity contribution in [2.75, 3.05) is 13.1 Å². The van der Waals surface area contributed by atoms with Crippen molar-refractivity contribution >= 4 is 41.3 Å². The minimum absolute atomic E-state index is 0. The van der Waals surface area contributed by atoms with Crippen LogP contribution < -0.4 is 5.73 Å². The first-order valence-corrected chi connectivity index (χ1v) is 7.59. The molecule has 0 spiro atoms. The Balaban J connectivity index is 0.00000180. The van der Waals surface area contributed by atoms with Gasteiger partial charge in [-0.2, -0.15) is 0 Å². The third-order valence-electron chi connectivity index (χ3n) is 3.26. The van der Waals surface area contributed by atoms with Crippen LogP contribution in [0.3, 0.4) is 0 Å². The van der Waals surface area contributed by atoms with Crippen molar-refractivity contribution in [1.29, 1.82) is 0 Å². The van der Waals surface area contributed by atoms with E-state index in [0.29, 0.717) is 12.5 Å². The lowest BCUT2D eigenvalue weighted by Crippen LogP contribution is -2.38. The van der Waals surface area contributed by atoms with Crippen LogP contribution in [-0.2, 0) is 13.0 Å². The number of nitrogens with two attached hydrogens (primary N) is 1. The maximum Gasteiger partial charge on any atom is 0.191 e. The van der Waals surface area contributed by atoms with Crippen LogP contribution in [0.5, 0.6) is 0 Å². The molecule has 0 unspecified atom stereocenters. The van der Waals surface area contributed by atoms with Gasteiger partial charge in [0.05, 0.1) is 6.54 Å². The van der Waals surface area contributed by atoms with Gasteiger partial charge in [-0.3, -0.25) is 0 Å². The number of likely N-dealkylation sites (tertiary alicyclic amines) is 1. The summed E-state index contributed by atoms with van der Waals surface area (Å²) in [5, 5.41) is 1.06. The summed E-state index contributed by atoms with van der Waals surface area (Å²) in [5.74, 6) is 0.685. The van der Waals surface area contributed by atoms with Gasteiger partial charge in [0.2, 0.25) is 0 Å². The fourth-order valence-electron chi connectivity index (χ4n) is 2.13. The predicted octanol–water partition coefficient (Wildman–Crippen LogP) is 3.01. The fraction of sp³-hybridized carbons (Fsp3) is 0.692. The second-order valence-corrected chi connectivity index (χ2v) is 5.85. The molecular weight excluding hydrogens is 371 g/mol. The maximum absolute atomic E-state index is 6.06. The molecule has 2 heterocycles. The highest BCUT2D eigenvalue weighted by molar-refractivity contribution is 14.0. The molecule has 1 saturated heterocycles. The van der Waals surface area contributed by atoms with Crippen LogP contribution in [0.1, 0.15) is 42.5 Å². The third-order valence-corrected chi connectivity index (χ3v) is 4.38. The first kappa shape index (κ1) is 16.7. The van der Waals surface area contributed by atoms with Crippen LogP contribution in [0.4, 0.5) is 0 Å². The molecule has 1 fully saturated rings. The van der Waals surface area contributed by atoms with Crippen LogP contribution in [-0.4, -0.2) is 28.9 Å². The van der Waals surface area contributed by atoms with E-state index in [1.54, 1.807) is 11.3 Å². The van der Waals surface area contributed by atoms with E-state index < -0.39 is 0 Å². The highest BCUT2D eigenvalue weighted by atomic mass is 127. The average molecular weight is 394 g/mol. The van der Waals surface area contributed by atoms with E-state index in [0.717, 1.165) is 24.5 Å². The summed E-state index contributed by atoms with van der Waals surface area (Å²) in [7, 11) is 0. The molecule has 1 aromatic heterocycles. The Morgan fingerprint density at radius 1 is 1.37 bits per heavy atom. The Morgan fingerprint density at radius 3 is 2.63 bits per heavy atom. The summed E-state index contributed by atoms with van der Waals surface area (Å²) in [6.45, 7) is 4.86. The van der Waals surface area contributed by atoms with Gasteiger partial charge in [-0.1, -0.05) is 19.8 Å². The SMILES string of the molecule is CCc1cnc(CN=C(N)N2CCCCCC2)s1.I. The van der Waals surface area contributed by atoms with Gasteiger partial charge < -0.3 is 10.6 Å². The van der Waals surface area contributed by atoms with Crippen molar-refractivity contribution in [2.24, 2.45) is 10.7 Å². The first-order valence-electron chi connectivity index (χ1n) is 6.78. The summed E-state index contributed by atoms with van der Waals surface area (Å²) >= 11 is 1.73. The number of thiazole rings is 1. The minimum atomic E-state index is 0. The van der Waals surface area contributed by atoms with Crippen LogP contribution in [0.15, 0.2) is 11.2 Å². The lowest BCUT2D eigenvalue weighted by molar-refractivity contribution is 0.428. The van der Waals surface area contributed by atoms with E-state index in [1.807, 2.05) is 6.20 Å². The molecule has 4 nitrogen and oxygen atoms in total. The topological polar surface area (TPSA) is 54.5 Å². The van der Waals surface area contributed by atoms with Crippen LogP contribution in [0.25, 0.3) is 0 Å². The summed E-state index contributed by atoms with van der Waals surface area (Å²) in [4.78, 5) is 12.4. The number of guanidine groups is 1. The highest BCUT2D eigenvalue weighted by Crippen LogP contribution is 2.14. The van der Waals surface area contributed by atoms with Crippen LogP contribution >= 0.6 is 35.3 Å². The zero-order valence-electron chi connectivity index (χ0n) is 11.5. The Morgan fingerprint density at radius 2 is 2.05 bits per heavy atom. The number of nitrogens with zero attached hydrogens (tertiary/aromatic N) is 3. The predicted molar refractivity (Wildman–Crippen MR) is 92.3 cm³/mol. The van der Waals surface area contributed by atoms with E-state index in [2.05, 4.69) is 21.8 Å². The van der Waals surface area contributed by atoms with Crippen molar-refractivity contribution in [1.82, 2.24) is 9.88 Å². The Labute approximate surface area is 136 Å². The summed E-state index contributed by atoms with van der Waals surface area (Å²) < 4.78 is 0. The van der Waals surface area contributed by atoms with Gasteiger partial charge >= 0.3 is 0 Å². The molecule has 1 aliphatic heterocycles. The van der Waals surface area contributed by atoms with Gasteiger partial charge in [0, 0.05) is 24.2 Å². The standard InChI is InChI=1S/C13H22N4S.HI/c1-2-11-9-15-12(18-11)10-16-13(14)17-7-5-3-4-6-8-17;/h9H,2-8,10H2,1H3,(H2,14,16);1H. The molecule has 108 valence electrons. The average Bonchev–Trinajstić information content (AvgIpc) is 2.68. The van der Waals surface area contributed by atoms with Crippen molar-refractivity contribution in [3.63, 3.8) is 0 Å². The maximum atomic E-state index is 6.06. The van der Waals surface area contributed by atoms with Crippen LogP contribution in [0, 0.1) is 0 Å². The zero-order chi connectivity index (χ0) is 12.8. The molecule has 2 rings (SSSR count). The molecule has 1 aromatic rings. The van der Waals surface area contributed by atoms with Crippen LogP contribution in [0.2, 0.25) is 0 Å². The quantitative estimate of drug-likeness (QED) is 0.487. The van der Waals surface area contributed by atoms with E-state index in [4.69, 9.17) is 5.73 Å². The Bertz CT molecular complexity index is 397. The molecule has 0 amide bonds. The molecule has 19 heavy (non-hydrogen) atoms. The van der Waals surface area contributed by atoms with Gasteiger partial charge in [0.25, 0.3) is 0 Å². The molecular formula is C13H23IN4S. The Kier molecular flexibility index (Phi) is 7.67. The van der Waals surface area contributed by atoms with Gasteiger partial charge in [-0.15, -0.1) is 35.3 Å². The Hall–Kier alpha value is -0.370. The molecule has 1 aliphatic rings. The number of rotatable bonds is 3. The number of aryl methyl sites for hydroxylation is 1. The highest BCUT2D eigenvalue weighted by Gasteiger charge is 2.10. The fourth-order valence-corrected chi connectivity index (χ4v) is 2.92. The molecule has 0 bridgehead atoms. The minimum Gasteiger partial charge on any atom is -0.370 e. The lowest BCUT2D eigenvalue weighted by Gasteiger charge is -2.20. The summed E-state index contributed by atoms with van der Waals surface area (Å²) in [6, 6.07) is 0. The number of hydrogen-bond donors (Lipinski definition) is 1. The third kappa shape index (κ3) is 5.25. The van der Waals surface area contributed by atoms with Crippen molar-refractivity contribution in [2.45, 2.75) is 45.6 Å². The molecule has 0 aliphatic carbocycles. The van der Waals surface area contributed by atoms with E-state index in [-0.39, 0.29) is 24.0 Å². The molecule has 0 saturated carbocycles. The summed E-state index contributed by atoms with van der Waals surface area (Å²) in [6.07, 6.45) is 8.08. The van der Waals surface area contributed by atoms with Gasteiger partial charge in [0.1, 0.15) is 5.01 Å². The van der Waals surface area contributed by atoms with E-state index in [1.165, 1.54) is 30.6 Å². The van der Waals surface area contributed by atoms with Gasteiger partial charge in [-0.25, -0.2) is 9.98 Å². The smallest absolute Gasteiger partial charge is 0.191 e. The molecule has 0 radical (unpaired) electrons. The first-order chi connectivity index (χ1) is 8.79. The lowest BCUT2D eigenvalue weighted by atomic mass is 10.2. The van der Waals surface area contributed by atoms with E-state index in [9.17, 15) is 0 Å². The van der Waals surface area contributed by atoms with Crippen molar-refractivity contribution < 1.29 is 0 Å². The monoisotopic (exact) mass is 394 g/mol. The zero-order valence-corrected chi connectivity index (χ0v) is 14.6. The largest absolute Gasteiger partial charge is 0.370 e. The molecule has 0 atom stereocenters. The number of hydrogen-bond acceptors (Lipinski definition) is 3. The van der Waals surface area contributed by atoms with Crippen molar-refractivity contribution in [3.05, 3.63) is 16.1 Å². The van der Waals surface area contributed by atoms with Gasteiger partial charge in [-0.05, 0) is 19.3 Å². The van der Waals surface area contributed by atoms with Crippen molar-refractivity contribution in [3.8, 4) is 0 Å². The number of aliphatic imine (C=N–C) groups is 1. The van der Waals surface area contributed by atoms with Gasteiger partial charge in [0.15, 0.2) is 5.96 Å². The van der Waals surface area contributed by atoms with E-state index >= 15 is 0 Å². The normalized spacial score (nSPS) is 16.9. The summed E-state index contributed by atoms with van der Waals surface area (Å²) in [5.41, 5.74) is 6.06.